The van der Waals surface area contributed by atoms with Crippen molar-refractivity contribution in [2.75, 3.05) is 0 Å². The lowest BCUT2D eigenvalue weighted by molar-refractivity contribution is 0.0357. The smallest absolute Gasteiger partial charge is 0.169 e. The fourth-order valence-corrected chi connectivity index (χ4v) is 2.11. The average Bonchev–Trinajstić information content (AvgIpc) is 2.73. The molecule has 1 saturated heterocycles. The first-order chi connectivity index (χ1) is 6.66. The molecule has 0 aromatic carbocycles. The van der Waals surface area contributed by atoms with Crippen LogP contribution in [0.2, 0.25) is 0 Å². The molecule has 0 saturated carbocycles. The average molecular weight is 260 g/mol. The fourth-order valence-electron chi connectivity index (χ4n) is 1.79. The maximum atomic E-state index is 6.04. The molecule has 0 aliphatic carbocycles. The van der Waals surface area contributed by atoms with E-state index in [0.29, 0.717) is 10.8 Å². The minimum Gasteiger partial charge on any atom is -0.453 e. The highest BCUT2D eigenvalue weighted by Crippen LogP contribution is 2.30. The summed E-state index contributed by atoms with van der Waals surface area (Å²) in [6, 6.07) is 3.60. The minimum atomic E-state index is -0.147. The number of nitrogens with two attached hydrogens (primary N) is 1. The fraction of sp³-hybridized carbons (Fsp3) is 0.600. The summed E-state index contributed by atoms with van der Waals surface area (Å²) in [5.74, 6) is 0.788. The molecule has 0 spiro atoms. The molecule has 1 aliphatic rings. The van der Waals surface area contributed by atoms with Crippen molar-refractivity contribution >= 4 is 15.9 Å². The molecule has 0 amide bonds. The summed E-state index contributed by atoms with van der Waals surface area (Å²) in [5, 5.41) is 0. The van der Waals surface area contributed by atoms with E-state index in [4.69, 9.17) is 14.9 Å². The number of furan rings is 1. The van der Waals surface area contributed by atoms with Gasteiger partial charge < -0.3 is 14.9 Å². The minimum absolute atomic E-state index is 0.100. The molecule has 2 rings (SSSR count). The largest absolute Gasteiger partial charge is 0.453 e. The Morgan fingerprint density at radius 2 is 2.29 bits per heavy atom. The van der Waals surface area contributed by atoms with Gasteiger partial charge in [0.15, 0.2) is 4.67 Å². The molecule has 1 fully saturated rings. The van der Waals surface area contributed by atoms with Crippen molar-refractivity contribution < 1.29 is 9.15 Å². The zero-order valence-corrected chi connectivity index (χ0v) is 9.66. The van der Waals surface area contributed by atoms with E-state index in [1.807, 2.05) is 12.1 Å². The highest BCUT2D eigenvalue weighted by atomic mass is 79.9. The van der Waals surface area contributed by atoms with Crippen LogP contribution in [0.25, 0.3) is 0 Å². The van der Waals surface area contributed by atoms with Gasteiger partial charge in [-0.05, 0) is 47.8 Å². The van der Waals surface area contributed by atoms with Gasteiger partial charge in [0, 0.05) is 0 Å². The van der Waals surface area contributed by atoms with Gasteiger partial charge in [-0.15, -0.1) is 0 Å². The van der Waals surface area contributed by atoms with Crippen LogP contribution in [0.4, 0.5) is 0 Å². The van der Waals surface area contributed by atoms with Gasteiger partial charge in [0.05, 0.1) is 18.2 Å². The van der Waals surface area contributed by atoms with Crippen LogP contribution in [-0.2, 0) is 4.74 Å². The van der Waals surface area contributed by atoms with E-state index >= 15 is 0 Å². The van der Waals surface area contributed by atoms with E-state index in [0.717, 1.165) is 18.6 Å². The number of halogens is 1. The maximum Gasteiger partial charge on any atom is 0.169 e. The first-order valence-electron chi connectivity index (χ1n) is 4.83. The van der Waals surface area contributed by atoms with E-state index in [1.165, 1.54) is 0 Å². The predicted octanol–water partition coefficient (Wildman–Crippen LogP) is 2.61. The summed E-state index contributed by atoms with van der Waals surface area (Å²) in [7, 11) is 0. The second-order valence-electron chi connectivity index (χ2n) is 3.73. The van der Waals surface area contributed by atoms with Crippen LogP contribution in [0, 0.1) is 0 Å². The van der Waals surface area contributed by atoms with E-state index < -0.39 is 0 Å². The van der Waals surface area contributed by atoms with Crippen molar-refractivity contribution in [3.8, 4) is 0 Å². The van der Waals surface area contributed by atoms with Crippen LogP contribution in [-0.4, -0.2) is 12.2 Å². The van der Waals surface area contributed by atoms with Gasteiger partial charge in [0.25, 0.3) is 0 Å². The van der Waals surface area contributed by atoms with Crippen molar-refractivity contribution in [3.63, 3.8) is 0 Å². The highest BCUT2D eigenvalue weighted by Gasteiger charge is 2.29. The number of hydrogen-bond acceptors (Lipinski definition) is 3. The lowest BCUT2D eigenvalue weighted by atomic mass is 10.1. The summed E-state index contributed by atoms with van der Waals surface area (Å²) in [4.78, 5) is 0. The Bertz CT molecular complexity index is 313. The molecule has 3 atom stereocenters. The van der Waals surface area contributed by atoms with Crippen molar-refractivity contribution in [1.82, 2.24) is 0 Å². The van der Waals surface area contributed by atoms with Crippen molar-refractivity contribution in [2.45, 2.75) is 38.0 Å². The second-order valence-corrected chi connectivity index (χ2v) is 4.51. The van der Waals surface area contributed by atoms with Gasteiger partial charge in [-0.3, -0.25) is 0 Å². The molecule has 2 heterocycles. The summed E-state index contributed by atoms with van der Waals surface area (Å²) in [5.41, 5.74) is 6.04. The van der Waals surface area contributed by atoms with Crippen LogP contribution < -0.4 is 5.73 Å². The predicted molar refractivity (Wildman–Crippen MR) is 56.9 cm³/mol. The van der Waals surface area contributed by atoms with Crippen LogP contribution in [0.15, 0.2) is 21.2 Å². The quantitative estimate of drug-likeness (QED) is 0.889. The monoisotopic (exact) mass is 259 g/mol. The molecule has 1 aliphatic heterocycles. The van der Waals surface area contributed by atoms with Crippen LogP contribution >= 0.6 is 15.9 Å². The molecular weight excluding hydrogens is 246 g/mol. The van der Waals surface area contributed by atoms with E-state index in [-0.39, 0.29) is 12.1 Å². The Kier molecular flexibility index (Phi) is 2.95. The zero-order valence-electron chi connectivity index (χ0n) is 8.07. The Morgan fingerprint density at radius 3 is 2.79 bits per heavy atom. The summed E-state index contributed by atoms with van der Waals surface area (Å²) in [6.07, 6.45) is 2.52. The molecule has 78 valence electrons. The van der Waals surface area contributed by atoms with E-state index in [9.17, 15) is 0 Å². The van der Waals surface area contributed by atoms with Gasteiger partial charge in [0.2, 0.25) is 0 Å². The molecule has 4 heteroatoms. The molecule has 3 nitrogen and oxygen atoms in total. The van der Waals surface area contributed by atoms with E-state index in [1.54, 1.807) is 0 Å². The normalized spacial score (nSPS) is 29.4. The third-order valence-corrected chi connectivity index (χ3v) is 3.01. The summed E-state index contributed by atoms with van der Waals surface area (Å²) < 4.78 is 11.8. The first kappa shape index (κ1) is 10.2. The van der Waals surface area contributed by atoms with Crippen LogP contribution in [0.3, 0.4) is 0 Å². The molecular formula is C10H14BrNO2. The Balaban J connectivity index is 2.05. The molecule has 2 N–H and O–H groups in total. The standard InChI is InChI=1S/C10H14BrNO2/c1-6-2-3-7(13-6)10(12)8-4-5-9(11)14-8/h4-7,10H,2-3,12H2,1H3. The molecule has 0 radical (unpaired) electrons. The zero-order chi connectivity index (χ0) is 10.1. The van der Waals surface area contributed by atoms with Crippen LogP contribution in [0.5, 0.6) is 0 Å². The summed E-state index contributed by atoms with van der Waals surface area (Å²) in [6.45, 7) is 2.07. The third kappa shape index (κ3) is 2.02. The van der Waals surface area contributed by atoms with Gasteiger partial charge in [-0.2, -0.15) is 0 Å². The lowest BCUT2D eigenvalue weighted by Crippen LogP contribution is -2.25. The van der Waals surface area contributed by atoms with E-state index in [2.05, 4.69) is 22.9 Å². The molecule has 1 aromatic rings. The number of hydrogen-bond donors (Lipinski definition) is 1. The van der Waals surface area contributed by atoms with Crippen molar-refractivity contribution in [2.24, 2.45) is 5.73 Å². The van der Waals surface area contributed by atoms with Crippen molar-refractivity contribution in [1.29, 1.82) is 0 Å². The van der Waals surface area contributed by atoms with Gasteiger partial charge >= 0.3 is 0 Å². The molecule has 0 bridgehead atoms. The lowest BCUT2D eigenvalue weighted by Gasteiger charge is -2.16. The molecule has 1 aromatic heterocycles. The second kappa shape index (κ2) is 4.04. The highest BCUT2D eigenvalue weighted by molar-refractivity contribution is 9.10. The van der Waals surface area contributed by atoms with Gasteiger partial charge in [-0.25, -0.2) is 0 Å². The molecule has 14 heavy (non-hydrogen) atoms. The maximum absolute atomic E-state index is 6.04. The van der Waals surface area contributed by atoms with Crippen LogP contribution in [0.1, 0.15) is 31.6 Å². The molecule has 3 unspecified atom stereocenters. The third-order valence-electron chi connectivity index (χ3n) is 2.59. The van der Waals surface area contributed by atoms with Crippen molar-refractivity contribution in [3.05, 3.63) is 22.6 Å². The van der Waals surface area contributed by atoms with Gasteiger partial charge in [0.1, 0.15) is 5.76 Å². The van der Waals surface area contributed by atoms with Gasteiger partial charge in [-0.1, -0.05) is 0 Å². The summed E-state index contributed by atoms with van der Waals surface area (Å²) >= 11 is 3.26. The number of ether oxygens (including phenoxy) is 1. The Hall–Kier alpha value is -0.320. The Labute approximate surface area is 91.7 Å². The SMILES string of the molecule is CC1CCC(C(N)c2ccc(Br)o2)O1. The Morgan fingerprint density at radius 1 is 1.50 bits per heavy atom. The first-order valence-corrected chi connectivity index (χ1v) is 5.62. The topological polar surface area (TPSA) is 48.4 Å². The number of rotatable bonds is 2.